The van der Waals surface area contributed by atoms with E-state index < -0.39 is 0 Å². The molecule has 0 fully saturated rings. The molecule has 1 heterocycles. The lowest BCUT2D eigenvalue weighted by Gasteiger charge is -2.09. The fourth-order valence-corrected chi connectivity index (χ4v) is 1.76. The number of methoxy groups -OCH3 is 1. The molecule has 5 nitrogen and oxygen atoms in total. The van der Waals surface area contributed by atoms with Crippen LogP contribution in [0.1, 0.15) is 16.1 Å². The van der Waals surface area contributed by atoms with E-state index in [2.05, 4.69) is 10.4 Å². The van der Waals surface area contributed by atoms with Gasteiger partial charge in [-0.25, -0.2) is 0 Å². The first-order valence-corrected chi connectivity index (χ1v) is 5.56. The Bertz CT molecular complexity index is 575. The molecule has 1 amide bonds. The number of para-hydroxylation sites is 2. The van der Waals surface area contributed by atoms with Gasteiger partial charge in [0.15, 0.2) is 0 Å². The zero-order valence-corrected chi connectivity index (χ0v) is 10.6. The van der Waals surface area contributed by atoms with Crippen molar-refractivity contribution in [1.29, 1.82) is 0 Å². The van der Waals surface area contributed by atoms with E-state index in [4.69, 9.17) is 4.74 Å². The van der Waals surface area contributed by atoms with E-state index in [0.717, 1.165) is 0 Å². The van der Waals surface area contributed by atoms with Gasteiger partial charge in [-0.15, -0.1) is 0 Å². The van der Waals surface area contributed by atoms with Gasteiger partial charge in [0.1, 0.15) is 5.75 Å². The molecule has 0 aliphatic rings. The standard InChI is InChI=1S/C13H15N3O2/c1-9-10(8-16(2)15-9)13(17)14-11-6-4-5-7-12(11)18-3/h4-8H,1-3H3,(H,14,17). The second-order valence-electron chi connectivity index (χ2n) is 3.96. The van der Waals surface area contributed by atoms with Crippen molar-refractivity contribution >= 4 is 11.6 Å². The molecule has 0 saturated heterocycles. The predicted molar refractivity (Wildman–Crippen MR) is 68.9 cm³/mol. The average Bonchev–Trinajstić information content (AvgIpc) is 2.69. The highest BCUT2D eigenvalue weighted by molar-refractivity contribution is 6.05. The Labute approximate surface area is 105 Å². The first-order valence-electron chi connectivity index (χ1n) is 5.56. The molecule has 1 N–H and O–H groups in total. The first-order chi connectivity index (χ1) is 8.61. The second-order valence-corrected chi connectivity index (χ2v) is 3.96. The first kappa shape index (κ1) is 12.2. The zero-order chi connectivity index (χ0) is 13.1. The number of benzene rings is 1. The van der Waals surface area contributed by atoms with E-state index in [-0.39, 0.29) is 5.91 Å². The average molecular weight is 245 g/mol. The van der Waals surface area contributed by atoms with Crippen molar-refractivity contribution in [3.05, 3.63) is 41.7 Å². The van der Waals surface area contributed by atoms with Gasteiger partial charge in [0.25, 0.3) is 5.91 Å². The zero-order valence-electron chi connectivity index (χ0n) is 10.6. The molecule has 0 radical (unpaired) electrons. The number of ether oxygens (including phenoxy) is 1. The number of nitrogens with zero attached hydrogens (tertiary/aromatic N) is 2. The lowest BCUT2D eigenvalue weighted by Crippen LogP contribution is -2.13. The van der Waals surface area contributed by atoms with Gasteiger partial charge in [-0.2, -0.15) is 5.10 Å². The third-order valence-corrected chi connectivity index (χ3v) is 2.61. The molecule has 18 heavy (non-hydrogen) atoms. The molecule has 0 spiro atoms. The Morgan fingerprint density at radius 1 is 1.39 bits per heavy atom. The van der Waals surface area contributed by atoms with E-state index in [1.807, 2.05) is 12.1 Å². The number of rotatable bonds is 3. The predicted octanol–water partition coefficient (Wildman–Crippen LogP) is 1.99. The lowest BCUT2D eigenvalue weighted by atomic mass is 10.2. The molecule has 5 heteroatoms. The van der Waals surface area contributed by atoms with Crippen molar-refractivity contribution in [2.45, 2.75) is 6.92 Å². The van der Waals surface area contributed by atoms with Crippen molar-refractivity contribution in [2.75, 3.05) is 12.4 Å². The summed E-state index contributed by atoms with van der Waals surface area (Å²) >= 11 is 0. The smallest absolute Gasteiger partial charge is 0.259 e. The van der Waals surface area contributed by atoms with Crippen molar-refractivity contribution in [3.63, 3.8) is 0 Å². The van der Waals surface area contributed by atoms with Gasteiger partial charge in [0.2, 0.25) is 0 Å². The SMILES string of the molecule is COc1ccccc1NC(=O)c1cn(C)nc1C. The van der Waals surface area contributed by atoms with Gasteiger partial charge >= 0.3 is 0 Å². The maximum atomic E-state index is 12.1. The van der Waals surface area contributed by atoms with E-state index in [1.54, 1.807) is 44.1 Å². The molecular formula is C13H15N3O2. The number of hydrogen-bond acceptors (Lipinski definition) is 3. The summed E-state index contributed by atoms with van der Waals surface area (Å²) in [5, 5.41) is 6.96. The summed E-state index contributed by atoms with van der Waals surface area (Å²) in [4.78, 5) is 12.1. The van der Waals surface area contributed by atoms with Crippen LogP contribution in [-0.4, -0.2) is 22.8 Å². The maximum absolute atomic E-state index is 12.1. The lowest BCUT2D eigenvalue weighted by molar-refractivity contribution is 0.102. The minimum Gasteiger partial charge on any atom is -0.495 e. The molecule has 1 aromatic heterocycles. The third-order valence-electron chi connectivity index (χ3n) is 2.61. The van der Waals surface area contributed by atoms with E-state index in [9.17, 15) is 4.79 Å². The summed E-state index contributed by atoms with van der Waals surface area (Å²) in [5.74, 6) is 0.442. The van der Waals surface area contributed by atoms with E-state index in [0.29, 0.717) is 22.7 Å². The van der Waals surface area contributed by atoms with Gasteiger partial charge in [0, 0.05) is 13.2 Å². The van der Waals surface area contributed by atoms with Crippen LogP contribution < -0.4 is 10.1 Å². The quantitative estimate of drug-likeness (QED) is 0.899. The molecule has 0 saturated carbocycles. The van der Waals surface area contributed by atoms with Crippen molar-refractivity contribution in [2.24, 2.45) is 7.05 Å². The molecule has 2 aromatic rings. The van der Waals surface area contributed by atoms with Gasteiger partial charge in [-0.3, -0.25) is 9.48 Å². The minimum atomic E-state index is -0.190. The fraction of sp³-hybridized carbons (Fsp3) is 0.231. The van der Waals surface area contributed by atoms with Gasteiger partial charge in [-0.05, 0) is 19.1 Å². The van der Waals surface area contributed by atoms with Crippen molar-refractivity contribution in [1.82, 2.24) is 9.78 Å². The molecular weight excluding hydrogens is 230 g/mol. The highest BCUT2D eigenvalue weighted by Crippen LogP contribution is 2.23. The normalized spacial score (nSPS) is 10.2. The Kier molecular flexibility index (Phi) is 3.32. The minimum absolute atomic E-state index is 0.190. The number of carbonyl (C=O) groups excluding carboxylic acids is 1. The largest absolute Gasteiger partial charge is 0.495 e. The molecule has 0 unspecified atom stereocenters. The van der Waals surface area contributed by atoms with Gasteiger partial charge in [-0.1, -0.05) is 12.1 Å². The molecule has 0 atom stereocenters. The van der Waals surface area contributed by atoms with Gasteiger partial charge < -0.3 is 10.1 Å². The monoisotopic (exact) mass is 245 g/mol. The fourth-order valence-electron chi connectivity index (χ4n) is 1.76. The van der Waals surface area contributed by atoms with E-state index in [1.165, 1.54) is 0 Å². The number of nitrogens with one attached hydrogen (secondary N) is 1. The summed E-state index contributed by atoms with van der Waals surface area (Å²) in [5.41, 5.74) is 1.90. The van der Waals surface area contributed by atoms with Crippen LogP contribution in [-0.2, 0) is 7.05 Å². The van der Waals surface area contributed by atoms with Crippen LogP contribution in [0.2, 0.25) is 0 Å². The number of hydrogen-bond donors (Lipinski definition) is 1. The molecule has 0 bridgehead atoms. The van der Waals surface area contributed by atoms with Gasteiger partial charge in [0.05, 0.1) is 24.1 Å². The van der Waals surface area contributed by atoms with Crippen LogP contribution in [0.3, 0.4) is 0 Å². The maximum Gasteiger partial charge on any atom is 0.259 e. The summed E-state index contributed by atoms with van der Waals surface area (Å²) < 4.78 is 6.80. The summed E-state index contributed by atoms with van der Waals surface area (Å²) in [6.45, 7) is 1.80. The Morgan fingerprint density at radius 2 is 2.11 bits per heavy atom. The number of amides is 1. The highest BCUT2D eigenvalue weighted by Gasteiger charge is 2.14. The van der Waals surface area contributed by atoms with Crippen LogP contribution in [0, 0.1) is 6.92 Å². The third kappa shape index (κ3) is 2.34. The van der Waals surface area contributed by atoms with Crippen LogP contribution in [0.25, 0.3) is 0 Å². The second kappa shape index (κ2) is 4.91. The summed E-state index contributed by atoms with van der Waals surface area (Å²) in [6.07, 6.45) is 1.69. The summed E-state index contributed by atoms with van der Waals surface area (Å²) in [6, 6.07) is 7.28. The van der Waals surface area contributed by atoms with Crippen LogP contribution in [0.5, 0.6) is 5.75 Å². The molecule has 2 rings (SSSR count). The Balaban J connectivity index is 2.24. The Hall–Kier alpha value is -2.30. The molecule has 1 aromatic carbocycles. The number of anilines is 1. The topological polar surface area (TPSA) is 56.1 Å². The summed E-state index contributed by atoms with van der Waals surface area (Å²) in [7, 11) is 3.35. The highest BCUT2D eigenvalue weighted by atomic mass is 16.5. The van der Waals surface area contributed by atoms with Crippen LogP contribution in [0.15, 0.2) is 30.5 Å². The van der Waals surface area contributed by atoms with Crippen LogP contribution in [0.4, 0.5) is 5.69 Å². The Morgan fingerprint density at radius 3 is 2.72 bits per heavy atom. The molecule has 0 aliphatic carbocycles. The molecule has 0 aliphatic heterocycles. The van der Waals surface area contributed by atoms with E-state index >= 15 is 0 Å². The van der Waals surface area contributed by atoms with Crippen molar-refractivity contribution in [3.8, 4) is 5.75 Å². The number of aryl methyl sites for hydroxylation is 2. The number of carbonyl (C=O) groups is 1. The molecule has 94 valence electrons. The van der Waals surface area contributed by atoms with Crippen molar-refractivity contribution < 1.29 is 9.53 Å². The van der Waals surface area contributed by atoms with Crippen LogP contribution >= 0.6 is 0 Å². The number of aromatic nitrogens is 2.